The van der Waals surface area contributed by atoms with Crippen molar-refractivity contribution in [3.05, 3.63) is 146 Å². The van der Waals surface area contributed by atoms with E-state index >= 15 is 0 Å². The van der Waals surface area contributed by atoms with Crippen molar-refractivity contribution in [3.8, 4) is 22.3 Å². The SMILES string of the molecule is c1ccc2c(-c3cc4cccc5c6cccc7cccc(c(c3-c3cccc8ccccc38)c45)c76)cccc2c1. The van der Waals surface area contributed by atoms with Crippen LogP contribution in [0.3, 0.4) is 0 Å². The van der Waals surface area contributed by atoms with Crippen molar-refractivity contribution in [2.75, 3.05) is 0 Å². The van der Waals surface area contributed by atoms with Gasteiger partial charge in [-0.2, -0.15) is 0 Å². The zero-order valence-corrected chi connectivity index (χ0v) is 21.9. The van der Waals surface area contributed by atoms with E-state index in [0.29, 0.717) is 0 Å². The Labute approximate surface area is 232 Å². The van der Waals surface area contributed by atoms with Crippen LogP contribution in [0.4, 0.5) is 0 Å². The first-order valence-electron chi connectivity index (χ1n) is 14.0. The summed E-state index contributed by atoms with van der Waals surface area (Å²) in [6.45, 7) is 0. The van der Waals surface area contributed by atoms with Crippen LogP contribution in [-0.4, -0.2) is 0 Å². The molecular formula is C40H24. The summed E-state index contributed by atoms with van der Waals surface area (Å²) in [5.41, 5.74) is 5.15. The molecule has 0 radical (unpaired) electrons. The minimum absolute atomic E-state index is 1.26. The molecule has 0 nitrogen and oxygen atoms in total. The molecule has 0 aliphatic heterocycles. The highest BCUT2D eigenvalue weighted by Gasteiger charge is 2.22. The fraction of sp³-hybridized carbons (Fsp3) is 0. The lowest BCUT2D eigenvalue weighted by Crippen LogP contribution is -1.94. The second kappa shape index (κ2) is 8.15. The summed E-state index contributed by atoms with van der Waals surface area (Å²) in [4.78, 5) is 0. The third-order valence-corrected chi connectivity index (χ3v) is 8.77. The Hall–Kier alpha value is -5.20. The molecule has 184 valence electrons. The molecule has 0 atom stereocenters. The number of hydrogen-bond acceptors (Lipinski definition) is 0. The lowest BCUT2D eigenvalue weighted by atomic mass is 9.81. The summed E-state index contributed by atoms with van der Waals surface area (Å²) >= 11 is 0. The van der Waals surface area contributed by atoms with E-state index in [9.17, 15) is 0 Å². The summed E-state index contributed by atoms with van der Waals surface area (Å²) in [6.07, 6.45) is 0. The first-order valence-corrected chi connectivity index (χ1v) is 14.0. The average molecular weight is 505 g/mol. The third kappa shape index (κ3) is 2.91. The third-order valence-electron chi connectivity index (χ3n) is 8.77. The smallest absolute Gasteiger partial charge is 0.000763 e. The fourth-order valence-electron chi connectivity index (χ4n) is 7.12. The monoisotopic (exact) mass is 504 g/mol. The van der Waals surface area contributed by atoms with Gasteiger partial charge in [-0.15, -0.1) is 0 Å². The van der Waals surface area contributed by atoms with Crippen molar-refractivity contribution in [2.45, 2.75) is 0 Å². The lowest BCUT2D eigenvalue weighted by molar-refractivity contribution is 1.67. The van der Waals surface area contributed by atoms with Crippen LogP contribution in [0.25, 0.3) is 86.9 Å². The molecule has 9 aromatic carbocycles. The van der Waals surface area contributed by atoms with E-state index in [1.165, 1.54) is 86.9 Å². The highest BCUT2D eigenvalue weighted by atomic mass is 14.2. The van der Waals surface area contributed by atoms with E-state index < -0.39 is 0 Å². The summed E-state index contributed by atoms with van der Waals surface area (Å²) < 4.78 is 0. The normalized spacial score (nSPS) is 12.0. The number of rotatable bonds is 2. The maximum Gasteiger partial charge on any atom is -0.000763 e. The van der Waals surface area contributed by atoms with Crippen molar-refractivity contribution < 1.29 is 0 Å². The maximum atomic E-state index is 2.44. The minimum Gasteiger partial charge on any atom is -0.0616 e. The molecule has 0 heteroatoms. The standard InChI is InChI=1S/C40H24/c1-3-17-29-25(10-1)12-5-19-31(29)36-24-28-16-9-22-34-33-21-7-14-27-15-8-23-35(37(27)33)40(38(28)34)39(36)32-20-6-13-26-11-2-4-18-30(26)32/h1-24H. The fourth-order valence-corrected chi connectivity index (χ4v) is 7.12. The number of hydrogen-bond donors (Lipinski definition) is 0. The Morgan fingerprint density at radius 1 is 0.250 bits per heavy atom. The molecule has 0 N–H and O–H groups in total. The zero-order valence-electron chi connectivity index (χ0n) is 21.9. The summed E-state index contributed by atoms with van der Waals surface area (Å²) in [5.74, 6) is 0. The second-order valence-electron chi connectivity index (χ2n) is 10.8. The first-order chi connectivity index (χ1) is 19.9. The van der Waals surface area contributed by atoms with Gasteiger partial charge < -0.3 is 0 Å². The van der Waals surface area contributed by atoms with E-state index in [4.69, 9.17) is 0 Å². The van der Waals surface area contributed by atoms with Gasteiger partial charge in [-0.05, 0) is 93.0 Å². The quantitative estimate of drug-likeness (QED) is 0.162. The van der Waals surface area contributed by atoms with E-state index in [1.807, 2.05) is 0 Å². The molecule has 0 heterocycles. The van der Waals surface area contributed by atoms with Crippen LogP contribution in [0, 0.1) is 0 Å². The molecule has 40 heavy (non-hydrogen) atoms. The van der Waals surface area contributed by atoms with Crippen LogP contribution in [0.1, 0.15) is 0 Å². The van der Waals surface area contributed by atoms with Crippen LogP contribution in [0.15, 0.2) is 146 Å². The Kier molecular flexibility index (Phi) is 4.42. The molecule has 0 unspecified atom stereocenters. The lowest BCUT2D eigenvalue weighted by Gasteiger charge is -2.22. The molecular weight excluding hydrogens is 480 g/mol. The Balaban J connectivity index is 1.61. The summed E-state index contributed by atoms with van der Waals surface area (Å²) in [5, 5.41) is 15.7. The predicted molar refractivity (Wildman–Crippen MR) is 174 cm³/mol. The van der Waals surface area contributed by atoms with Crippen molar-refractivity contribution in [1.82, 2.24) is 0 Å². The second-order valence-corrected chi connectivity index (χ2v) is 10.8. The van der Waals surface area contributed by atoms with Gasteiger partial charge in [0, 0.05) is 0 Å². The summed E-state index contributed by atoms with van der Waals surface area (Å²) in [6, 6.07) is 53.8. The highest BCUT2D eigenvalue weighted by Crippen LogP contribution is 2.50. The molecule has 0 saturated carbocycles. The van der Waals surface area contributed by atoms with Gasteiger partial charge in [0.15, 0.2) is 0 Å². The Morgan fingerprint density at radius 3 is 1.45 bits per heavy atom. The predicted octanol–water partition coefficient (Wildman–Crippen LogP) is 11.4. The van der Waals surface area contributed by atoms with E-state index in [1.54, 1.807) is 0 Å². The number of benzene rings is 9. The van der Waals surface area contributed by atoms with Crippen LogP contribution >= 0.6 is 0 Å². The van der Waals surface area contributed by atoms with Crippen LogP contribution in [-0.2, 0) is 0 Å². The molecule has 0 aliphatic carbocycles. The van der Waals surface area contributed by atoms with Crippen molar-refractivity contribution >= 4 is 64.6 Å². The van der Waals surface area contributed by atoms with Crippen LogP contribution in [0.2, 0.25) is 0 Å². The van der Waals surface area contributed by atoms with Gasteiger partial charge in [0.1, 0.15) is 0 Å². The molecule has 0 aliphatic rings. The van der Waals surface area contributed by atoms with Crippen molar-refractivity contribution in [2.24, 2.45) is 0 Å². The molecule has 0 amide bonds. The van der Waals surface area contributed by atoms with Gasteiger partial charge in [0.2, 0.25) is 0 Å². The first kappa shape index (κ1) is 21.7. The van der Waals surface area contributed by atoms with Gasteiger partial charge in [-0.3, -0.25) is 0 Å². The topological polar surface area (TPSA) is 0 Å². The highest BCUT2D eigenvalue weighted by molar-refractivity contribution is 6.37. The Morgan fingerprint density at radius 2 is 0.725 bits per heavy atom. The molecule has 0 spiro atoms. The van der Waals surface area contributed by atoms with E-state index in [2.05, 4.69) is 146 Å². The molecule has 9 rings (SSSR count). The maximum absolute atomic E-state index is 2.44. The molecule has 0 aromatic heterocycles. The largest absolute Gasteiger partial charge is 0.0616 e. The van der Waals surface area contributed by atoms with Gasteiger partial charge in [-0.25, -0.2) is 0 Å². The van der Waals surface area contributed by atoms with Gasteiger partial charge in [0.25, 0.3) is 0 Å². The Bertz CT molecular complexity index is 2410. The van der Waals surface area contributed by atoms with Gasteiger partial charge in [-0.1, -0.05) is 140 Å². The van der Waals surface area contributed by atoms with E-state index in [-0.39, 0.29) is 0 Å². The van der Waals surface area contributed by atoms with Gasteiger partial charge in [0.05, 0.1) is 0 Å². The average Bonchev–Trinajstić information content (AvgIpc) is 3.02. The van der Waals surface area contributed by atoms with Crippen molar-refractivity contribution in [3.63, 3.8) is 0 Å². The van der Waals surface area contributed by atoms with Crippen LogP contribution in [0.5, 0.6) is 0 Å². The summed E-state index contributed by atoms with van der Waals surface area (Å²) in [7, 11) is 0. The van der Waals surface area contributed by atoms with Gasteiger partial charge >= 0.3 is 0 Å². The molecule has 0 bridgehead atoms. The molecule has 0 fully saturated rings. The van der Waals surface area contributed by atoms with Crippen LogP contribution < -0.4 is 0 Å². The minimum atomic E-state index is 1.26. The zero-order chi connectivity index (χ0) is 26.2. The molecule has 9 aromatic rings. The van der Waals surface area contributed by atoms with E-state index in [0.717, 1.165) is 0 Å². The number of fused-ring (bicyclic) bond motifs is 4. The van der Waals surface area contributed by atoms with Crippen molar-refractivity contribution in [1.29, 1.82) is 0 Å². The molecule has 0 saturated heterocycles.